The van der Waals surface area contributed by atoms with Crippen LogP contribution in [0.2, 0.25) is 0 Å². The Balaban J connectivity index is 1.78. The van der Waals surface area contributed by atoms with Crippen molar-refractivity contribution in [3.63, 3.8) is 0 Å². The molecule has 0 amide bonds. The smallest absolute Gasteiger partial charge is 0.293 e. The van der Waals surface area contributed by atoms with Gasteiger partial charge in [-0.15, -0.1) is 0 Å². The molecule has 1 aromatic heterocycles. The molecule has 0 saturated carbocycles. The van der Waals surface area contributed by atoms with E-state index in [1.54, 1.807) is 23.0 Å². The lowest BCUT2D eigenvalue weighted by atomic mass is 10.2. The van der Waals surface area contributed by atoms with E-state index in [9.17, 15) is 13.2 Å². The molecule has 1 saturated heterocycles. The van der Waals surface area contributed by atoms with E-state index in [0.717, 1.165) is 5.56 Å². The molecule has 0 aliphatic carbocycles. The number of aromatic nitrogens is 2. The molecule has 128 valence electrons. The third-order valence-corrected chi connectivity index (χ3v) is 5.88. The van der Waals surface area contributed by atoms with E-state index in [1.807, 2.05) is 25.1 Å². The Bertz CT molecular complexity index is 892. The number of anilines is 2. The summed E-state index contributed by atoms with van der Waals surface area (Å²) in [6.07, 6.45) is 3.88. The van der Waals surface area contributed by atoms with Gasteiger partial charge >= 0.3 is 0 Å². The maximum Gasteiger partial charge on any atom is 0.293 e. The highest BCUT2D eigenvalue weighted by Crippen LogP contribution is 2.24. The lowest BCUT2D eigenvalue weighted by Crippen LogP contribution is -2.25. The van der Waals surface area contributed by atoms with Gasteiger partial charge in [-0.1, -0.05) is 12.1 Å². The highest BCUT2D eigenvalue weighted by atomic mass is 32.2. The van der Waals surface area contributed by atoms with Crippen molar-refractivity contribution in [2.45, 2.75) is 26.4 Å². The van der Waals surface area contributed by atoms with Crippen LogP contribution in [0, 0.1) is 0 Å². The molecule has 24 heavy (non-hydrogen) atoms. The number of sulfonamides is 1. The fourth-order valence-electron chi connectivity index (χ4n) is 2.75. The average molecular weight is 348 g/mol. The molecule has 2 heterocycles. The molecule has 7 nitrogen and oxygen atoms in total. The van der Waals surface area contributed by atoms with Gasteiger partial charge in [-0.25, -0.2) is 13.4 Å². The minimum Gasteiger partial charge on any atom is -0.361 e. The van der Waals surface area contributed by atoms with Gasteiger partial charge in [0, 0.05) is 32.0 Å². The van der Waals surface area contributed by atoms with E-state index in [0.29, 0.717) is 37.6 Å². The van der Waals surface area contributed by atoms with Gasteiger partial charge in [0.15, 0.2) is 5.82 Å². The van der Waals surface area contributed by atoms with Crippen LogP contribution in [0.5, 0.6) is 0 Å². The topological polar surface area (TPSA) is 84.3 Å². The summed E-state index contributed by atoms with van der Waals surface area (Å²) >= 11 is 0. The zero-order valence-electron chi connectivity index (χ0n) is 13.5. The van der Waals surface area contributed by atoms with Gasteiger partial charge < -0.3 is 9.88 Å². The van der Waals surface area contributed by atoms with Crippen LogP contribution in [0.1, 0.15) is 18.9 Å². The standard InChI is InChI=1S/C16H20N4O3S/c1-2-19-9-7-17-15(16(19)21)18-12-13-5-3-6-14(11-13)20-8-4-10-24(20,22)23/h3,5-7,9,11H,2,4,8,10,12H2,1H3,(H,17,18). The van der Waals surface area contributed by atoms with Crippen LogP contribution in [0.25, 0.3) is 0 Å². The van der Waals surface area contributed by atoms with Gasteiger partial charge in [0.2, 0.25) is 10.0 Å². The van der Waals surface area contributed by atoms with Gasteiger partial charge in [-0.2, -0.15) is 0 Å². The van der Waals surface area contributed by atoms with Crippen molar-refractivity contribution in [2.75, 3.05) is 21.9 Å². The Labute approximate surface area is 141 Å². The Morgan fingerprint density at radius 1 is 1.33 bits per heavy atom. The molecular formula is C16H20N4O3S. The summed E-state index contributed by atoms with van der Waals surface area (Å²) < 4.78 is 27.1. The highest BCUT2D eigenvalue weighted by Gasteiger charge is 2.28. The van der Waals surface area contributed by atoms with Gasteiger partial charge in [-0.05, 0) is 31.0 Å². The normalized spacial score (nSPS) is 16.3. The number of hydrogen-bond acceptors (Lipinski definition) is 5. The molecular weight excluding hydrogens is 328 g/mol. The Kier molecular flexibility index (Phi) is 4.57. The highest BCUT2D eigenvalue weighted by molar-refractivity contribution is 7.93. The van der Waals surface area contributed by atoms with Crippen LogP contribution < -0.4 is 15.2 Å². The molecule has 0 spiro atoms. The van der Waals surface area contributed by atoms with Crippen LogP contribution in [0.15, 0.2) is 41.5 Å². The molecule has 3 rings (SSSR count). The number of rotatable bonds is 5. The first-order valence-corrected chi connectivity index (χ1v) is 9.51. The summed E-state index contributed by atoms with van der Waals surface area (Å²) in [5.41, 5.74) is 1.39. The number of nitrogens with zero attached hydrogens (tertiary/aromatic N) is 3. The lowest BCUT2D eigenvalue weighted by Gasteiger charge is -2.17. The number of hydrogen-bond donors (Lipinski definition) is 1. The minimum absolute atomic E-state index is 0.168. The Morgan fingerprint density at radius 3 is 2.88 bits per heavy atom. The van der Waals surface area contributed by atoms with E-state index in [1.165, 1.54) is 4.31 Å². The molecule has 0 unspecified atom stereocenters. The quantitative estimate of drug-likeness (QED) is 0.883. The molecule has 1 aromatic carbocycles. The second kappa shape index (κ2) is 6.64. The molecule has 1 aliphatic rings. The van der Waals surface area contributed by atoms with E-state index >= 15 is 0 Å². The fourth-order valence-corrected chi connectivity index (χ4v) is 4.31. The van der Waals surface area contributed by atoms with Gasteiger partial charge in [0.05, 0.1) is 11.4 Å². The molecule has 1 aliphatic heterocycles. The van der Waals surface area contributed by atoms with E-state index in [-0.39, 0.29) is 11.3 Å². The van der Waals surface area contributed by atoms with Crippen LogP contribution in [0.4, 0.5) is 11.5 Å². The van der Waals surface area contributed by atoms with Crippen LogP contribution in [-0.2, 0) is 23.1 Å². The summed E-state index contributed by atoms with van der Waals surface area (Å²) in [6, 6.07) is 7.33. The van der Waals surface area contributed by atoms with Crippen molar-refractivity contribution in [1.82, 2.24) is 9.55 Å². The first-order valence-electron chi connectivity index (χ1n) is 7.90. The summed E-state index contributed by atoms with van der Waals surface area (Å²) in [4.78, 5) is 16.2. The van der Waals surface area contributed by atoms with Crippen LogP contribution >= 0.6 is 0 Å². The van der Waals surface area contributed by atoms with Crippen LogP contribution in [0.3, 0.4) is 0 Å². The lowest BCUT2D eigenvalue weighted by molar-refractivity contribution is 0.599. The molecule has 0 bridgehead atoms. The maximum atomic E-state index is 12.1. The second-order valence-corrected chi connectivity index (χ2v) is 7.65. The molecule has 1 fully saturated rings. The van der Waals surface area contributed by atoms with Crippen LogP contribution in [-0.4, -0.2) is 30.3 Å². The van der Waals surface area contributed by atoms with Crippen molar-refractivity contribution >= 4 is 21.5 Å². The molecule has 8 heteroatoms. The maximum absolute atomic E-state index is 12.1. The molecule has 0 atom stereocenters. The monoisotopic (exact) mass is 348 g/mol. The number of aryl methyl sites for hydroxylation is 1. The van der Waals surface area contributed by atoms with E-state index in [2.05, 4.69) is 10.3 Å². The number of benzene rings is 1. The fraction of sp³-hybridized carbons (Fsp3) is 0.375. The minimum atomic E-state index is -3.19. The molecule has 1 N–H and O–H groups in total. The van der Waals surface area contributed by atoms with Crippen molar-refractivity contribution in [1.29, 1.82) is 0 Å². The van der Waals surface area contributed by atoms with Crippen molar-refractivity contribution in [2.24, 2.45) is 0 Å². The summed E-state index contributed by atoms with van der Waals surface area (Å²) in [7, 11) is -3.19. The Hall–Kier alpha value is -2.35. The predicted octanol–water partition coefficient (Wildman–Crippen LogP) is 1.42. The molecule has 0 radical (unpaired) electrons. The summed E-state index contributed by atoms with van der Waals surface area (Å²) in [6.45, 7) is 3.39. The Morgan fingerprint density at radius 2 is 2.17 bits per heavy atom. The summed E-state index contributed by atoms with van der Waals surface area (Å²) in [5, 5.41) is 3.03. The third kappa shape index (κ3) is 3.28. The van der Waals surface area contributed by atoms with E-state index < -0.39 is 10.0 Å². The second-order valence-electron chi connectivity index (χ2n) is 5.63. The van der Waals surface area contributed by atoms with E-state index in [4.69, 9.17) is 0 Å². The predicted molar refractivity (Wildman–Crippen MR) is 93.7 cm³/mol. The van der Waals surface area contributed by atoms with Gasteiger partial charge in [0.1, 0.15) is 0 Å². The first-order chi connectivity index (χ1) is 11.5. The van der Waals surface area contributed by atoms with Crippen molar-refractivity contribution < 1.29 is 8.42 Å². The summed E-state index contributed by atoms with van der Waals surface area (Å²) in [5.74, 6) is 0.485. The molecule has 2 aromatic rings. The SMILES string of the molecule is CCn1ccnc(NCc2cccc(N3CCCS3(=O)=O)c2)c1=O. The zero-order chi connectivity index (χ0) is 17.2. The first kappa shape index (κ1) is 16.5. The van der Waals surface area contributed by atoms with Gasteiger partial charge in [-0.3, -0.25) is 9.10 Å². The van der Waals surface area contributed by atoms with Crippen molar-refractivity contribution in [3.8, 4) is 0 Å². The average Bonchev–Trinajstić information content (AvgIpc) is 2.93. The van der Waals surface area contributed by atoms with Gasteiger partial charge in [0.25, 0.3) is 5.56 Å². The van der Waals surface area contributed by atoms with Crippen molar-refractivity contribution in [3.05, 3.63) is 52.6 Å². The number of nitrogens with one attached hydrogen (secondary N) is 1. The largest absolute Gasteiger partial charge is 0.361 e. The zero-order valence-corrected chi connectivity index (χ0v) is 14.3. The third-order valence-electron chi connectivity index (χ3n) is 4.01.